The Hall–Kier alpha value is -1.18. The molecule has 1 aromatic heterocycles. The van der Waals surface area contributed by atoms with Crippen LogP contribution in [0.5, 0.6) is 0 Å². The number of rotatable bonds is 0. The Morgan fingerprint density at radius 3 is 1.61 bits per heavy atom. The van der Waals surface area contributed by atoms with Gasteiger partial charge >= 0.3 is 0 Å². The second-order valence-corrected chi connectivity index (χ2v) is 2.54. The van der Waals surface area contributed by atoms with Crippen molar-refractivity contribution >= 4 is 15.9 Å². The molecule has 12 heteroatoms. The van der Waals surface area contributed by atoms with Crippen molar-refractivity contribution in [2.45, 2.75) is 6.92 Å². The van der Waals surface area contributed by atoms with E-state index in [4.69, 9.17) is 22.1 Å². The first-order chi connectivity index (χ1) is 6.63. The fraction of sp³-hybridized carbons (Fsp3) is 0.167. The van der Waals surface area contributed by atoms with Crippen molar-refractivity contribution in [2.24, 2.45) is 0 Å². The fourth-order valence-electron chi connectivity index (χ4n) is 0.466. The minimum Gasteiger partial charge on any atom is -0.693 e. The van der Waals surface area contributed by atoms with Gasteiger partial charge in [0, 0.05) is 27.3 Å². The maximum atomic E-state index is 6.75. The van der Waals surface area contributed by atoms with Crippen LogP contribution < -0.4 is 0 Å². The third-order valence-electron chi connectivity index (χ3n) is 0.946. The van der Waals surface area contributed by atoms with Crippen LogP contribution in [0.25, 0.3) is 38.1 Å². The zero-order valence-electron chi connectivity index (χ0n) is 9.13. The molecule has 6 N–H and O–H groups in total. The molecule has 0 atom stereocenters. The van der Waals surface area contributed by atoms with E-state index >= 15 is 0 Å². The molecule has 0 aliphatic heterocycles. The summed E-state index contributed by atoms with van der Waals surface area (Å²) >= 11 is 3.28. The van der Waals surface area contributed by atoms with E-state index in [2.05, 4.69) is 20.9 Å². The molecule has 0 saturated heterocycles. The minimum atomic E-state index is 0. The Labute approximate surface area is 126 Å². The third-order valence-corrected chi connectivity index (χ3v) is 1.78. The second-order valence-electron chi connectivity index (χ2n) is 1.79. The van der Waals surface area contributed by atoms with Gasteiger partial charge in [-0.05, 0) is 34.5 Å². The molecule has 0 unspecified atom stereocenters. The first-order valence-corrected chi connectivity index (χ1v) is 3.97. The van der Waals surface area contributed by atoms with Gasteiger partial charge in [-0.2, -0.15) is 0 Å². The van der Waals surface area contributed by atoms with E-state index in [1.165, 1.54) is 15.4 Å². The van der Waals surface area contributed by atoms with Crippen LogP contribution in [0.1, 0.15) is 5.56 Å². The molecule has 0 radical (unpaired) electrons. The van der Waals surface area contributed by atoms with Crippen molar-refractivity contribution in [1.82, 2.24) is 4.98 Å². The van der Waals surface area contributed by atoms with Gasteiger partial charge in [0.25, 0.3) is 0 Å². The number of nitrogens with two attached hydrogens (primary N) is 1. The zero-order valence-corrected chi connectivity index (χ0v) is 13.0. The predicted molar refractivity (Wildman–Crippen MR) is 69.3 cm³/mol. The third kappa shape index (κ3) is 29.4. The van der Waals surface area contributed by atoms with E-state index in [1.807, 2.05) is 19.1 Å². The summed E-state index contributed by atoms with van der Waals surface area (Å²) in [5.41, 5.74) is 28.2. The number of pyridine rings is 1. The van der Waals surface area contributed by atoms with E-state index in [1.54, 1.807) is 6.20 Å². The molecule has 0 saturated carbocycles. The molecule has 1 rings (SSSR count). The van der Waals surface area contributed by atoms with Gasteiger partial charge in [-0.25, -0.2) is 4.98 Å². The molecule has 108 valence electrons. The Kier molecular flexibility index (Phi) is 59.3. The Morgan fingerprint density at radius 1 is 1.11 bits per heavy atom. The summed E-state index contributed by atoms with van der Waals surface area (Å²) in [6, 6.07) is 3.93. The van der Waals surface area contributed by atoms with Gasteiger partial charge in [-0.3, -0.25) is 9.82 Å². The number of aromatic nitrogens is 1. The standard InChI is InChI=1S/C6H6BrN.2N3.H2N.2H2O.Pt/c1-5-3-2-4-8-6(5)7;2*1-3-2;;;;/h2-4H,1H3;;;3*1H2;/q;3*-1;;;. The van der Waals surface area contributed by atoms with Crippen molar-refractivity contribution in [3.8, 4) is 0 Å². The van der Waals surface area contributed by atoms with Crippen LogP contribution in [0, 0.1) is 6.92 Å². The molecule has 0 bridgehead atoms. The quantitative estimate of drug-likeness (QED) is 0.221. The Bertz CT molecular complexity index is 307. The van der Waals surface area contributed by atoms with Gasteiger partial charge in [0.2, 0.25) is 0 Å². The van der Waals surface area contributed by atoms with Crippen LogP contribution >= 0.6 is 15.9 Å². The summed E-state index contributed by atoms with van der Waals surface area (Å²) in [5.74, 6) is 0. The molecule has 0 fully saturated rings. The average Bonchev–Trinajstić information content (AvgIpc) is 2.13. The van der Waals surface area contributed by atoms with Crippen molar-refractivity contribution in [3.05, 3.63) is 66.6 Å². The van der Waals surface area contributed by atoms with Gasteiger partial charge in [0.15, 0.2) is 0 Å². The molecule has 0 aromatic carbocycles. The van der Waals surface area contributed by atoms with Gasteiger partial charge in [0.05, 0.1) is 0 Å². The maximum absolute atomic E-state index is 6.75. The molecule has 0 aliphatic rings. The van der Waals surface area contributed by atoms with Gasteiger partial charge < -0.3 is 39.2 Å². The second kappa shape index (κ2) is 29.7. The van der Waals surface area contributed by atoms with Crippen LogP contribution in [-0.2, 0) is 21.1 Å². The minimum absolute atomic E-state index is 0. The zero-order chi connectivity index (χ0) is 11.4. The number of aryl methyl sites for hydroxylation is 1. The van der Waals surface area contributed by atoms with E-state index < -0.39 is 0 Å². The van der Waals surface area contributed by atoms with E-state index in [9.17, 15) is 0 Å². The van der Waals surface area contributed by atoms with Crippen LogP contribution in [-0.4, -0.2) is 15.9 Å². The van der Waals surface area contributed by atoms with Gasteiger partial charge in [-0.1, -0.05) is 6.07 Å². The summed E-state index contributed by atoms with van der Waals surface area (Å²) in [4.78, 5) is 7.00. The average molecular weight is 503 g/mol. The monoisotopic (exact) mass is 502 g/mol. The fourth-order valence-corrected chi connectivity index (χ4v) is 0.717. The van der Waals surface area contributed by atoms with E-state index in [0.717, 1.165) is 4.60 Å². The topological polar surface area (TPSA) is 227 Å². The van der Waals surface area contributed by atoms with E-state index in [-0.39, 0.29) is 38.2 Å². The number of nitrogens with zero attached hydrogens (tertiary/aromatic N) is 7. The van der Waals surface area contributed by atoms with Gasteiger partial charge in [0.1, 0.15) is 4.60 Å². The van der Waals surface area contributed by atoms with Crippen molar-refractivity contribution in [1.29, 1.82) is 0 Å². The Morgan fingerprint density at radius 2 is 1.44 bits per heavy atom. The first kappa shape index (κ1) is 36.0. The number of hydrogen-bond acceptors (Lipinski definition) is 1. The summed E-state index contributed by atoms with van der Waals surface area (Å²) in [7, 11) is 0. The molecule has 18 heavy (non-hydrogen) atoms. The largest absolute Gasteiger partial charge is 0.693 e. The SMILES string of the molecule is Cc1cccnc1Br.O.O.[N-]=[N+]=[N-].[N-]=[N+]=[N-].[NH2-].[Pt]. The summed E-state index contributed by atoms with van der Waals surface area (Å²) in [6.07, 6.45) is 1.76. The Balaban J connectivity index is -0.0000000320. The molecule has 1 aromatic rings. The maximum Gasteiger partial charge on any atom is 0.108 e. The normalized spacial score (nSPS) is 5.00. The van der Waals surface area contributed by atoms with Crippen LogP contribution in [0.15, 0.2) is 22.9 Å². The summed E-state index contributed by atoms with van der Waals surface area (Å²) in [5, 5.41) is 0. The summed E-state index contributed by atoms with van der Waals surface area (Å²) < 4.78 is 0.931. The number of hydrogen-bond donors (Lipinski definition) is 0. The van der Waals surface area contributed by atoms with Crippen molar-refractivity contribution < 1.29 is 32.0 Å². The predicted octanol–water partition coefficient (Wildman–Crippen LogP) is 2.95. The molecule has 0 spiro atoms. The smallest absolute Gasteiger partial charge is 0.108 e. The van der Waals surface area contributed by atoms with E-state index in [0.29, 0.717) is 0 Å². The summed E-state index contributed by atoms with van der Waals surface area (Å²) in [6.45, 7) is 2.01. The molecule has 0 amide bonds. The molecule has 1 heterocycles. The molecular weight excluding hydrogens is 491 g/mol. The van der Waals surface area contributed by atoms with Crippen molar-refractivity contribution in [3.63, 3.8) is 0 Å². The van der Waals surface area contributed by atoms with Crippen LogP contribution in [0.2, 0.25) is 0 Å². The number of halogens is 1. The van der Waals surface area contributed by atoms with Crippen LogP contribution in [0.4, 0.5) is 0 Å². The molecular formula is C6H12BrN8O2Pt-3. The van der Waals surface area contributed by atoms with Crippen molar-refractivity contribution in [2.75, 3.05) is 0 Å². The first-order valence-electron chi connectivity index (χ1n) is 3.18. The molecule has 0 aliphatic carbocycles. The van der Waals surface area contributed by atoms with Gasteiger partial charge in [-0.15, -0.1) is 0 Å². The molecule has 10 nitrogen and oxygen atoms in total. The van der Waals surface area contributed by atoms with Crippen LogP contribution in [0.3, 0.4) is 0 Å².